The van der Waals surface area contributed by atoms with Crippen molar-refractivity contribution >= 4 is 29.1 Å². The summed E-state index contributed by atoms with van der Waals surface area (Å²) in [5, 5.41) is 2.83. The number of carbonyl (C=O) groups excluding carboxylic acids is 1. The lowest BCUT2D eigenvalue weighted by molar-refractivity contribution is -0.114. The monoisotopic (exact) mass is 278 g/mol. The summed E-state index contributed by atoms with van der Waals surface area (Å²) in [6.45, 7) is 1.41. The van der Waals surface area contributed by atoms with Crippen molar-refractivity contribution in [1.29, 1.82) is 0 Å². The normalized spacial score (nSPS) is 10.0. The average molecular weight is 279 g/mol. The number of aromatic nitrogens is 2. The van der Waals surface area contributed by atoms with Gasteiger partial charge in [-0.1, -0.05) is 23.7 Å². The van der Waals surface area contributed by atoms with Crippen LogP contribution >= 0.6 is 11.6 Å². The first-order valence-corrected chi connectivity index (χ1v) is 5.77. The summed E-state index contributed by atoms with van der Waals surface area (Å²) in [6, 6.07) is 8.38. The maximum Gasteiger partial charge on any atom is 0.225 e. The van der Waals surface area contributed by atoms with Crippen LogP contribution in [0.1, 0.15) is 6.92 Å². The Morgan fingerprint density at radius 3 is 2.79 bits per heavy atom. The van der Waals surface area contributed by atoms with E-state index in [0.29, 0.717) is 11.4 Å². The number of ether oxygens (including phenoxy) is 1. The summed E-state index contributed by atoms with van der Waals surface area (Å²) in [5.74, 6) is 0.456. The van der Waals surface area contributed by atoms with E-state index < -0.39 is 0 Å². The van der Waals surface area contributed by atoms with Crippen molar-refractivity contribution in [3.63, 3.8) is 0 Å². The highest BCUT2D eigenvalue weighted by Gasteiger charge is 2.08. The minimum absolute atomic E-state index is 0.0134. The SMILES string of the molecule is CC(=O)Nc1ccccc1Oc1cc(Cl)nc(N)n1. The van der Waals surface area contributed by atoms with Crippen LogP contribution < -0.4 is 15.8 Å². The summed E-state index contributed by atoms with van der Waals surface area (Å²) in [7, 11) is 0. The van der Waals surface area contributed by atoms with Crippen LogP contribution in [0.4, 0.5) is 11.6 Å². The molecule has 3 N–H and O–H groups in total. The summed E-state index contributed by atoms with van der Waals surface area (Å²) in [6.07, 6.45) is 0. The second kappa shape index (κ2) is 5.53. The maximum absolute atomic E-state index is 11.1. The Balaban J connectivity index is 2.29. The number of rotatable bonds is 3. The van der Waals surface area contributed by atoms with Gasteiger partial charge >= 0.3 is 0 Å². The minimum atomic E-state index is -0.198. The van der Waals surface area contributed by atoms with Crippen LogP contribution in [0.25, 0.3) is 0 Å². The highest BCUT2D eigenvalue weighted by Crippen LogP contribution is 2.29. The molecule has 0 bridgehead atoms. The molecule has 1 aromatic carbocycles. The van der Waals surface area contributed by atoms with E-state index in [-0.39, 0.29) is 22.9 Å². The molecule has 1 amide bonds. The Hall–Kier alpha value is -2.34. The third kappa shape index (κ3) is 3.56. The van der Waals surface area contributed by atoms with E-state index in [1.54, 1.807) is 24.3 Å². The molecule has 0 aliphatic rings. The maximum atomic E-state index is 11.1. The van der Waals surface area contributed by atoms with E-state index in [1.165, 1.54) is 13.0 Å². The topological polar surface area (TPSA) is 90.1 Å². The lowest BCUT2D eigenvalue weighted by Crippen LogP contribution is -2.07. The Labute approximate surface area is 114 Å². The van der Waals surface area contributed by atoms with Crippen LogP contribution in [0.2, 0.25) is 5.15 Å². The molecular formula is C12H11ClN4O2. The quantitative estimate of drug-likeness (QED) is 0.842. The molecule has 0 aliphatic carbocycles. The molecule has 2 aromatic rings. The summed E-state index contributed by atoms with van der Waals surface area (Å²) in [5.41, 5.74) is 6.01. The molecule has 0 saturated heterocycles. The number of nitrogens with two attached hydrogens (primary N) is 1. The number of nitrogens with zero attached hydrogens (tertiary/aromatic N) is 2. The minimum Gasteiger partial charge on any atom is -0.437 e. The Kier molecular flexibility index (Phi) is 3.82. The van der Waals surface area contributed by atoms with Gasteiger partial charge in [-0.25, -0.2) is 4.98 Å². The molecule has 0 unspecified atom stereocenters. The number of benzene rings is 1. The second-order valence-electron chi connectivity index (χ2n) is 3.67. The number of nitrogen functional groups attached to an aromatic ring is 1. The fraction of sp³-hybridized carbons (Fsp3) is 0.0833. The second-order valence-corrected chi connectivity index (χ2v) is 4.05. The van der Waals surface area contributed by atoms with Gasteiger partial charge < -0.3 is 15.8 Å². The summed E-state index contributed by atoms with van der Waals surface area (Å²) >= 11 is 5.76. The Bertz CT molecular complexity index is 598. The molecule has 7 heteroatoms. The van der Waals surface area contributed by atoms with E-state index in [0.717, 1.165) is 0 Å². The van der Waals surface area contributed by atoms with Gasteiger partial charge in [-0.3, -0.25) is 4.79 Å². The predicted octanol–water partition coefficient (Wildman–Crippen LogP) is 2.46. The van der Waals surface area contributed by atoms with Crippen LogP contribution in [-0.2, 0) is 4.79 Å². The molecule has 2 rings (SSSR count). The number of hydrogen-bond acceptors (Lipinski definition) is 5. The van der Waals surface area contributed by atoms with E-state index in [1.807, 2.05) is 0 Å². The summed E-state index contributed by atoms with van der Waals surface area (Å²) in [4.78, 5) is 18.7. The molecule has 0 fully saturated rings. The molecule has 6 nitrogen and oxygen atoms in total. The van der Waals surface area contributed by atoms with Crippen molar-refractivity contribution in [2.45, 2.75) is 6.92 Å². The fourth-order valence-corrected chi connectivity index (χ4v) is 1.61. The van der Waals surface area contributed by atoms with Gasteiger partial charge in [-0.2, -0.15) is 4.98 Å². The van der Waals surface area contributed by atoms with E-state index >= 15 is 0 Å². The smallest absolute Gasteiger partial charge is 0.225 e. The Morgan fingerprint density at radius 1 is 1.37 bits per heavy atom. The number of hydrogen-bond donors (Lipinski definition) is 2. The summed E-state index contributed by atoms with van der Waals surface area (Å²) < 4.78 is 5.54. The first-order valence-electron chi connectivity index (χ1n) is 5.39. The average Bonchev–Trinajstić information content (AvgIpc) is 2.29. The highest BCUT2D eigenvalue weighted by atomic mass is 35.5. The molecule has 98 valence electrons. The van der Waals surface area contributed by atoms with Crippen LogP contribution in [-0.4, -0.2) is 15.9 Å². The van der Waals surface area contributed by atoms with Gasteiger partial charge in [0.25, 0.3) is 0 Å². The molecular weight excluding hydrogens is 268 g/mol. The zero-order valence-electron chi connectivity index (χ0n) is 10.1. The van der Waals surface area contributed by atoms with E-state index in [2.05, 4.69) is 15.3 Å². The molecule has 0 saturated carbocycles. The number of anilines is 2. The lowest BCUT2D eigenvalue weighted by atomic mass is 10.3. The number of carbonyl (C=O) groups is 1. The molecule has 19 heavy (non-hydrogen) atoms. The van der Waals surface area contributed by atoms with Crippen LogP contribution in [0.15, 0.2) is 30.3 Å². The van der Waals surface area contributed by atoms with Crippen LogP contribution in [0.5, 0.6) is 11.6 Å². The highest BCUT2D eigenvalue weighted by molar-refractivity contribution is 6.29. The van der Waals surface area contributed by atoms with Crippen molar-refractivity contribution in [3.05, 3.63) is 35.5 Å². The van der Waals surface area contributed by atoms with Gasteiger partial charge in [0, 0.05) is 13.0 Å². The van der Waals surface area contributed by atoms with Gasteiger partial charge in [0.1, 0.15) is 5.15 Å². The van der Waals surface area contributed by atoms with Crippen molar-refractivity contribution in [3.8, 4) is 11.6 Å². The number of para-hydroxylation sites is 2. The van der Waals surface area contributed by atoms with Gasteiger partial charge in [0.05, 0.1) is 5.69 Å². The van der Waals surface area contributed by atoms with Crippen molar-refractivity contribution in [1.82, 2.24) is 9.97 Å². The fourth-order valence-electron chi connectivity index (χ4n) is 1.43. The number of nitrogens with one attached hydrogen (secondary N) is 1. The molecule has 0 aliphatic heterocycles. The first kappa shape index (κ1) is 13.1. The van der Waals surface area contributed by atoms with Crippen molar-refractivity contribution < 1.29 is 9.53 Å². The molecule has 0 atom stereocenters. The van der Waals surface area contributed by atoms with Gasteiger partial charge in [-0.15, -0.1) is 0 Å². The van der Waals surface area contributed by atoms with Gasteiger partial charge in [-0.05, 0) is 12.1 Å². The van der Waals surface area contributed by atoms with Crippen molar-refractivity contribution in [2.75, 3.05) is 11.1 Å². The third-order valence-corrected chi connectivity index (χ3v) is 2.29. The predicted molar refractivity (Wildman–Crippen MR) is 72.3 cm³/mol. The third-order valence-electron chi connectivity index (χ3n) is 2.10. The zero-order valence-corrected chi connectivity index (χ0v) is 10.8. The van der Waals surface area contributed by atoms with E-state index in [9.17, 15) is 4.79 Å². The molecule has 0 spiro atoms. The Morgan fingerprint density at radius 2 is 2.11 bits per heavy atom. The number of halogens is 1. The van der Waals surface area contributed by atoms with E-state index in [4.69, 9.17) is 22.1 Å². The molecule has 1 aromatic heterocycles. The molecule has 1 heterocycles. The largest absolute Gasteiger partial charge is 0.437 e. The first-order chi connectivity index (χ1) is 9.04. The molecule has 0 radical (unpaired) electrons. The standard InChI is InChI=1S/C12H11ClN4O2/c1-7(18)15-8-4-2-3-5-9(8)19-11-6-10(13)16-12(14)17-11/h2-6H,1H3,(H,15,18)(H2,14,16,17). The van der Waals surface area contributed by atoms with Gasteiger partial charge in [0.15, 0.2) is 5.75 Å². The van der Waals surface area contributed by atoms with Crippen molar-refractivity contribution in [2.24, 2.45) is 0 Å². The van der Waals surface area contributed by atoms with Crippen LogP contribution in [0.3, 0.4) is 0 Å². The van der Waals surface area contributed by atoms with Crippen LogP contribution in [0, 0.1) is 0 Å². The lowest BCUT2D eigenvalue weighted by Gasteiger charge is -2.10. The van der Waals surface area contributed by atoms with Gasteiger partial charge in [0.2, 0.25) is 17.7 Å². The zero-order chi connectivity index (χ0) is 13.8. The number of amides is 1.